The molecular formula is C14H11N5OS. The van der Waals surface area contributed by atoms with E-state index < -0.39 is 0 Å². The zero-order chi connectivity index (χ0) is 14.4. The molecule has 0 radical (unpaired) electrons. The number of nitrogen functional groups attached to an aromatic ring is 1. The zero-order valence-electron chi connectivity index (χ0n) is 11.1. The third-order valence-electron chi connectivity index (χ3n) is 3.05. The summed E-state index contributed by atoms with van der Waals surface area (Å²) in [6.45, 7) is 1.95. The molecule has 0 amide bonds. The molecule has 0 atom stereocenters. The van der Waals surface area contributed by atoms with Crippen molar-refractivity contribution in [2.45, 2.75) is 17.2 Å². The molecule has 6 nitrogen and oxygen atoms in total. The van der Waals surface area contributed by atoms with Gasteiger partial charge in [-0.2, -0.15) is 5.10 Å². The van der Waals surface area contributed by atoms with Crippen molar-refractivity contribution in [1.29, 1.82) is 0 Å². The van der Waals surface area contributed by atoms with Crippen LogP contribution < -0.4 is 5.73 Å². The van der Waals surface area contributed by atoms with Crippen LogP contribution >= 0.6 is 11.8 Å². The Morgan fingerprint density at radius 1 is 1.29 bits per heavy atom. The van der Waals surface area contributed by atoms with Gasteiger partial charge in [-0.25, -0.2) is 14.5 Å². The summed E-state index contributed by atoms with van der Waals surface area (Å²) in [6.07, 6.45) is 3.53. The molecule has 4 rings (SSSR count). The van der Waals surface area contributed by atoms with Crippen LogP contribution in [0.15, 0.2) is 51.3 Å². The van der Waals surface area contributed by atoms with Gasteiger partial charge in [0.1, 0.15) is 10.5 Å². The highest BCUT2D eigenvalue weighted by Gasteiger charge is 2.12. The highest BCUT2D eigenvalue weighted by molar-refractivity contribution is 7.99. The lowest BCUT2D eigenvalue weighted by Crippen LogP contribution is -1.90. The van der Waals surface area contributed by atoms with E-state index in [0.29, 0.717) is 16.5 Å². The fourth-order valence-corrected chi connectivity index (χ4v) is 2.96. The molecule has 21 heavy (non-hydrogen) atoms. The first-order valence-corrected chi connectivity index (χ1v) is 7.15. The molecule has 2 N–H and O–H groups in total. The van der Waals surface area contributed by atoms with E-state index in [4.69, 9.17) is 10.2 Å². The van der Waals surface area contributed by atoms with Crippen molar-refractivity contribution < 1.29 is 4.42 Å². The van der Waals surface area contributed by atoms with Crippen LogP contribution in [0.2, 0.25) is 0 Å². The number of aromatic nitrogens is 4. The summed E-state index contributed by atoms with van der Waals surface area (Å²) in [4.78, 5) is 8.81. The molecule has 104 valence electrons. The van der Waals surface area contributed by atoms with Gasteiger partial charge >= 0.3 is 0 Å². The third-order valence-corrected chi connectivity index (χ3v) is 3.91. The van der Waals surface area contributed by atoms with Crippen molar-refractivity contribution in [3.8, 4) is 0 Å². The minimum absolute atomic E-state index is 0.537. The van der Waals surface area contributed by atoms with Crippen LogP contribution in [0.25, 0.3) is 16.6 Å². The number of hydrogen-bond acceptors (Lipinski definition) is 6. The SMILES string of the molecule is Cc1cc2c(Sc3nc4cc(N)ccc4o3)nccn2n1. The second kappa shape index (κ2) is 4.49. The number of benzene rings is 1. The van der Waals surface area contributed by atoms with E-state index >= 15 is 0 Å². The summed E-state index contributed by atoms with van der Waals surface area (Å²) in [7, 11) is 0. The summed E-state index contributed by atoms with van der Waals surface area (Å²) in [5.74, 6) is 0. The van der Waals surface area contributed by atoms with Crippen molar-refractivity contribution in [2.24, 2.45) is 0 Å². The van der Waals surface area contributed by atoms with E-state index in [0.717, 1.165) is 21.8 Å². The van der Waals surface area contributed by atoms with Gasteiger partial charge in [0.05, 0.1) is 11.2 Å². The van der Waals surface area contributed by atoms with Crippen molar-refractivity contribution in [3.05, 3.63) is 42.4 Å². The Hall–Kier alpha value is -2.54. The molecule has 1 aromatic carbocycles. The van der Waals surface area contributed by atoms with Gasteiger partial charge in [-0.05, 0) is 43.0 Å². The van der Waals surface area contributed by atoms with Crippen LogP contribution in [-0.4, -0.2) is 19.6 Å². The number of oxazole rings is 1. The number of nitrogens with zero attached hydrogens (tertiary/aromatic N) is 4. The summed E-state index contributed by atoms with van der Waals surface area (Å²) in [6, 6.07) is 7.38. The number of fused-ring (bicyclic) bond motifs is 2. The Bertz CT molecular complexity index is 958. The minimum Gasteiger partial charge on any atom is -0.431 e. The molecule has 3 aromatic heterocycles. The van der Waals surface area contributed by atoms with E-state index in [1.807, 2.05) is 25.3 Å². The Kier molecular flexibility index (Phi) is 2.61. The van der Waals surface area contributed by atoms with Gasteiger partial charge in [0, 0.05) is 18.1 Å². The standard InChI is InChI=1S/C14H11N5OS/c1-8-6-11-13(16-4-5-19(11)18-8)21-14-17-10-7-9(15)2-3-12(10)20-14/h2-7H,15H2,1H3. The fourth-order valence-electron chi connectivity index (χ4n) is 2.15. The van der Waals surface area contributed by atoms with Gasteiger partial charge in [-0.1, -0.05) is 0 Å². The molecule has 0 unspecified atom stereocenters. The molecule has 0 aliphatic rings. The quantitative estimate of drug-likeness (QED) is 0.573. The average Bonchev–Trinajstić information content (AvgIpc) is 3.01. The topological polar surface area (TPSA) is 82.2 Å². The predicted molar refractivity (Wildman–Crippen MR) is 80.3 cm³/mol. The molecular weight excluding hydrogens is 286 g/mol. The lowest BCUT2D eigenvalue weighted by Gasteiger charge is -1.98. The zero-order valence-corrected chi connectivity index (χ0v) is 12.0. The van der Waals surface area contributed by atoms with Crippen molar-refractivity contribution >= 4 is 34.1 Å². The van der Waals surface area contributed by atoms with Gasteiger partial charge in [0.2, 0.25) is 0 Å². The third kappa shape index (κ3) is 2.11. The molecule has 7 heteroatoms. The molecule has 0 saturated carbocycles. The van der Waals surface area contributed by atoms with E-state index in [-0.39, 0.29) is 0 Å². The molecule has 3 heterocycles. The highest BCUT2D eigenvalue weighted by atomic mass is 32.2. The monoisotopic (exact) mass is 297 g/mol. The van der Waals surface area contributed by atoms with E-state index in [1.165, 1.54) is 11.8 Å². The van der Waals surface area contributed by atoms with Gasteiger partial charge in [-0.3, -0.25) is 0 Å². The molecule has 4 aromatic rings. The van der Waals surface area contributed by atoms with Gasteiger partial charge in [0.15, 0.2) is 5.58 Å². The van der Waals surface area contributed by atoms with Crippen LogP contribution in [-0.2, 0) is 0 Å². The van der Waals surface area contributed by atoms with Crippen LogP contribution in [0.5, 0.6) is 0 Å². The van der Waals surface area contributed by atoms with E-state index in [9.17, 15) is 0 Å². The smallest absolute Gasteiger partial charge is 0.263 e. The Morgan fingerprint density at radius 2 is 2.19 bits per heavy atom. The average molecular weight is 297 g/mol. The lowest BCUT2D eigenvalue weighted by atomic mass is 10.3. The Balaban J connectivity index is 1.78. The number of hydrogen-bond donors (Lipinski definition) is 1. The summed E-state index contributed by atoms with van der Waals surface area (Å²) < 4.78 is 7.51. The van der Waals surface area contributed by atoms with Crippen LogP contribution in [0, 0.1) is 6.92 Å². The van der Waals surface area contributed by atoms with E-state index in [2.05, 4.69) is 15.1 Å². The predicted octanol–water partition coefficient (Wildman–Crippen LogP) is 2.91. The van der Waals surface area contributed by atoms with Crippen molar-refractivity contribution in [1.82, 2.24) is 19.6 Å². The van der Waals surface area contributed by atoms with Crippen molar-refractivity contribution in [3.63, 3.8) is 0 Å². The first kappa shape index (κ1) is 12.2. The number of nitrogens with two attached hydrogens (primary N) is 1. The second-order valence-electron chi connectivity index (χ2n) is 4.66. The fraction of sp³-hybridized carbons (Fsp3) is 0.0714. The summed E-state index contributed by atoms with van der Waals surface area (Å²) in [5.41, 5.74) is 9.74. The Labute approximate surface area is 124 Å². The minimum atomic E-state index is 0.537. The first-order valence-electron chi connectivity index (χ1n) is 6.34. The molecule has 0 spiro atoms. The highest BCUT2D eigenvalue weighted by Crippen LogP contribution is 2.31. The Morgan fingerprint density at radius 3 is 3.10 bits per heavy atom. The summed E-state index contributed by atoms with van der Waals surface area (Å²) in [5, 5.41) is 5.71. The van der Waals surface area contributed by atoms with E-state index in [1.54, 1.807) is 22.8 Å². The molecule has 0 aliphatic carbocycles. The van der Waals surface area contributed by atoms with Crippen LogP contribution in [0.4, 0.5) is 5.69 Å². The normalized spacial score (nSPS) is 11.5. The largest absolute Gasteiger partial charge is 0.431 e. The molecule has 0 aliphatic heterocycles. The van der Waals surface area contributed by atoms with Gasteiger partial charge in [0.25, 0.3) is 5.22 Å². The number of rotatable bonds is 2. The molecule has 0 bridgehead atoms. The summed E-state index contributed by atoms with van der Waals surface area (Å²) >= 11 is 1.37. The first-order chi connectivity index (χ1) is 10.2. The number of anilines is 1. The molecule has 0 saturated heterocycles. The molecule has 0 fully saturated rings. The van der Waals surface area contributed by atoms with Gasteiger partial charge in [-0.15, -0.1) is 0 Å². The maximum atomic E-state index is 5.75. The van der Waals surface area contributed by atoms with Crippen LogP contribution in [0.1, 0.15) is 5.69 Å². The maximum Gasteiger partial charge on any atom is 0.263 e. The van der Waals surface area contributed by atoms with Gasteiger partial charge < -0.3 is 10.2 Å². The second-order valence-corrected chi connectivity index (χ2v) is 5.60. The van der Waals surface area contributed by atoms with Crippen LogP contribution in [0.3, 0.4) is 0 Å². The number of aryl methyl sites for hydroxylation is 1. The lowest BCUT2D eigenvalue weighted by molar-refractivity contribution is 0.489. The van der Waals surface area contributed by atoms with Crippen molar-refractivity contribution in [2.75, 3.05) is 5.73 Å². The maximum absolute atomic E-state index is 5.75.